The molecule has 0 spiro atoms. The molecule has 21 heavy (non-hydrogen) atoms. The molecule has 7 nitrogen and oxygen atoms in total. The van der Waals surface area contributed by atoms with Crippen LogP contribution in [0.2, 0.25) is 0 Å². The van der Waals surface area contributed by atoms with Crippen molar-refractivity contribution in [3.05, 3.63) is 29.1 Å². The van der Waals surface area contributed by atoms with E-state index in [2.05, 4.69) is 9.46 Å². The third kappa shape index (κ3) is 4.23. The lowest BCUT2D eigenvalue weighted by atomic mass is 10.1. The minimum absolute atomic E-state index is 0.199. The number of ether oxygens (including phenoxy) is 1. The average Bonchev–Trinajstić information content (AvgIpc) is 2.40. The molecule has 0 bridgehead atoms. The molecular formula is C12H14FNO6S. The van der Waals surface area contributed by atoms with Crippen LogP contribution in [0.5, 0.6) is 0 Å². The number of methoxy groups -OCH3 is 1. The van der Waals surface area contributed by atoms with Gasteiger partial charge in [0.1, 0.15) is 5.82 Å². The highest BCUT2D eigenvalue weighted by atomic mass is 32.2. The largest absolute Gasteiger partial charge is 0.478 e. The summed E-state index contributed by atoms with van der Waals surface area (Å²) in [6.07, 6.45) is -0.199. The summed E-state index contributed by atoms with van der Waals surface area (Å²) in [5.74, 6) is -3.00. The number of benzene rings is 1. The smallest absolute Gasteiger partial charge is 0.335 e. The summed E-state index contributed by atoms with van der Waals surface area (Å²) in [5, 5.41) is 8.83. The molecule has 116 valence electrons. The first-order valence-corrected chi connectivity index (χ1v) is 7.27. The maximum absolute atomic E-state index is 13.6. The topological polar surface area (TPSA) is 110 Å². The fourth-order valence-corrected chi connectivity index (χ4v) is 2.83. The summed E-state index contributed by atoms with van der Waals surface area (Å²) >= 11 is 0. The van der Waals surface area contributed by atoms with E-state index >= 15 is 0 Å². The molecule has 9 heteroatoms. The zero-order valence-corrected chi connectivity index (χ0v) is 12.2. The fourth-order valence-electron chi connectivity index (χ4n) is 1.52. The number of nitrogens with one attached hydrogen (secondary N) is 1. The molecule has 0 atom stereocenters. The highest BCUT2D eigenvalue weighted by molar-refractivity contribution is 7.89. The summed E-state index contributed by atoms with van der Waals surface area (Å²) in [7, 11) is -2.98. The van der Waals surface area contributed by atoms with Gasteiger partial charge in [0.25, 0.3) is 0 Å². The van der Waals surface area contributed by atoms with E-state index in [0.29, 0.717) is 0 Å². The van der Waals surface area contributed by atoms with Crippen molar-refractivity contribution in [1.82, 2.24) is 4.72 Å². The molecule has 1 rings (SSSR count). The molecule has 0 aliphatic rings. The van der Waals surface area contributed by atoms with Crippen LogP contribution in [0.3, 0.4) is 0 Å². The van der Waals surface area contributed by atoms with E-state index in [1.165, 1.54) is 6.92 Å². The van der Waals surface area contributed by atoms with Crippen molar-refractivity contribution in [1.29, 1.82) is 0 Å². The first kappa shape index (κ1) is 17.1. The molecule has 1 aromatic rings. The first-order valence-electron chi connectivity index (χ1n) is 5.79. The molecular weight excluding hydrogens is 305 g/mol. The van der Waals surface area contributed by atoms with E-state index in [9.17, 15) is 22.4 Å². The Morgan fingerprint density at radius 3 is 2.52 bits per heavy atom. The lowest BCUT2D eigenvalue weighted by Crippen LogP contribution is -2.27. The number of esters is 1. The Balaban J connectivity index is 3.07. The molecule has 0 amide bonds. The van der Waals surface area contributed by atoms with Gasteiger partial charge in [-0.05, 0) is 19.1 Å². The van der Waals surface area contributed by atoms with Crippen LogP contribution < -0.4 is 4.72 Å². The van der Waals surface area contributed by atoms with E-state index in [-0.39, 0.29) is 18.5 Å². The number of aromatic carboxylic acids is 1. The Morgan fingerprint density at radius 2 is 2.00 bits per heavy atom. The normalized spacial score (nSPS) is 11.2. The molecule has 0 aliphatic carbocycles. The third-order valence-electron chi connectivity index (χ3n) is 2.68. The van der Waals surface area contributed by atoms with Crippen LogP contribution in [0.4, 0.5) is 4.39 Å². The lowest BCUT2D eigenvalue weighted by molar-refractivity contribution is -0.140. The third-order valence-corrected chi connectivity index (χ3v) is 4.27. The summed E-state index contributed by atoms with van der Waals surface area (Å²) in [6, 6.07) is 1.60. The number of sulfonamides is 1. The van der Waals surface area contributed by atoms with Crippen molar-refractivity contribution in [2.45, 2.75) is 18.2 Å². The Morgan fingerprint density at radius 1 is 1.38 bits per heavy atom. The second-order valence-corrected chi connectivity index (χ2v) is 5.85. The van der Waals surface area contributed by atoms with Gasteiger partial charge in [-0.1, -0.05) is 0 Å². The second-order valence-electron chi connectivity index (χ2n) is 4.11. The number of hydrogen-bond acceptors (Lipinski definition) is 5. The van der Waals surface area contributed by atoms with Gasteiger partial charge in [-0.3, -0.25) is 4.79 Å². The SMILES string of the molecule is COC(=O)CCNS(=O)(=O)c1cc(C(=O)O)cc(F)c1C. The molecule has 0 radical (unpaired) electrons. The van der Waals surface area contributed by atoms with Crippen molar-refractivity contribution in [2.24, 2.45) is 0 Å². The monoisotopic (exact) mass is 319 g/mol. The van der Waals surface area contributed by atoms with Crippen LogP contribution in [0.1, 0.15) is 22.3 Å². The molecule has 0 heterocycles. The Hall–Kier alpha value is -2.00. The van der Waals surface area contributed by atoms with Gasteiger partial charge in [0.05, 0.1) is 24.0 Å². The molecule has 0 aromatic heterocycles. The molecule has 0 saturated heterocycles. The van der Waals surface area contributed by atoms with Gasteiger partial charge in [-0.2, -0.15) is 0 Å². The van der Waals surface area contributed by atoms with Crippen molar-refractivity contribution >= 4 is 22.0 Å². The quantitative estimate of drug-likeness (QED) is 0.746. The van der Waals surface area contributed by atoms with E-state index in [0.717, 1.165) is 19.2 Å². The van der Waals surface area contributed by atoms with E-state index in [1.54, 1.807) is 0 Å². The number of carboxylic acids is 1. The summed E-state index contributed by atoms with van der Waals surface area (Å²) < 4.78 is 44.1. The summed E-state index contributed by atoms with van der Waals surface area (Å²) in [5.41, 5.74) is -0.683. The summed E-state index contributed by atoms with van der Waals surface area (Å²) in [4.78, 5) is 21.3. The van der Waals surface area contributed by atoms with E-state index in [4.69, 9.17) is 5.11 Å². The zero-order valence-electron chi connectivity index (χ0n) is 11.3. The van der Waals surface area contributed by atoms with Gasteiger partial charge in [0.15, 0.2) is 0 Å². The maximum Gasteiger partial charge on any atom is 0.335 e. The minimum Gasteiger partial charge on any atom is -0.478 e. The van der Waals surface area contributed by atoms with Gasteiger partial charge in [0.2, 0.25) is 10.0 Å². The molecule has 2 N–H and O–H groups in total. The number of halogens is 1. The van der Waals surface area contributed by atoms with Gasteiger partial charge >= 0.3 is 11.9 Å². The van der Waals surface area contributed by atoms with Crippen molar-refractivity contribution in [3.63, 3.8) is 0 Å². The van der Waals surface area contributed by atoms with Crippen LogP contribution in [0, 0.1) is 12.7 Å². The van der Waals surface area contributed by atoms with Crippen molar-refractivity contribution < 1.29 is 32.2 Å². The standard InChI is InChI=1S/C12H14FNO6S/c1-7-9(13)5-8(12(16)17)6-10(7)21(18,19)14-4-3-11(15)20-2/h5-6,14H,3-4H2,1-2H3,(H,16,17). The summed E-state index contributed by atoms with van der Waals surface area (Å²) in [6.45, 7) is 0.975. The highest BCUT2D eigenvalue weighted by Gasteiger charge is 2.22. The average molecular weight is 319 g/mol. The Labute approximate surface area is 120 Å². The number of carbonyl (C=O) groups excluding carboxylic acids is 1. The lowest BCUT2D eigenvalue weighted by Gasteiger charge is -2.10. The van der Waals surface area contributed by atoms with Gasteiger partial charge in [-0.25, -0.2) is 22.3 Å². The van der Waals surface area contributed by atoms with Crippen LogP contribution in [0.15, 0.2) is 17.0 Å². The van der Waals surface area contributed by atoms with Crippen LogP contribution in [-0.4, -0.2) is 39.1 Å². The van der Waals surface area contributed by atoms with Crippen LogP contribution >= 0.6 is 0 Å². The van der Waals surface area contributed by atoms with Gasteiger partial charge in [0, 0.05) is 12.1 Å². The first-order chi connectivity index (χ1) is 9.69. The second kappa shape index (κ2) is 6.64. The van der Waals surface area contributed by atoms with Gasteiger partial charge in [-0.15, -0.1) is 0 Å². The predicted octanol–water partition coefficient (Wildman–Crippen LogP) is 0.674. The number of hydrogen-bond donors (Lipinski definition) is 2. The minimum atomic E-state index is -4.13. The van der Waals surface area contributed by atoms with E-state index < -0.39 is 38.2 Å². The Bertz CT molecular complexity index is 671. The zero-order chi connectivity index (χ0) is 16.2. The van der Waals surface area contributed by atoms with Crippen LogP contribution in [0.25, 0.3) is 0 Å². The van der Waals surface area contributed by atoms with Crippen molar-refractivity contribution in [3.8, 4) is 0 Å². The number of carbonyl (C=O) groups is 2. The van der Waals surface area contributed by atoms with Crippen LogP contribution in [-0.2, 0) is 19.6 Å². The predicted molar refractivity (Wildman–Crippen MR) is 69.9 cm³/mol. The van der Waals surface area contributed by atoms with Gasteiger partial charge < -0.3 is 9.84 Å². The van der Waals surface area contributed by atoms with E-state index in [1.807, 2.05) is 0 Å². The number of carboxylic acid groups (broad SMARTS) is 1. The molecule has 0 unspecified atom stereocenters. The molecule has 0 saturated carbocycles. The Kier molecular flexibility index (Phi) is 5.39. The number of rotatable bonds is 6. The molecule has 0 fully saturated rings. The maximum atomic E-state index is 13.6. The molecule has 1 aromatic carbocycles. The fraction of sp³-hybridized carbons (Fsp3) is 0.333. The highest BCUT2D eigenvalue weighted by Crippen LogP contribution is 2.20. The molecule has 0 aliphatic heterocycles. The van der Waals surface area contributed by atoms with Crippen molar-refractivity contribution in [2.75, 3.05) is 13.7 Å².